The molecule has 0 aliphatic carbocycles. The third-order valence-corrected chi connectivity index (χ3v) is 5.29. The van der Waals surface area contributed by atoms with Crippen LogP contribution in [-0.2, 0) is 16.4 Å². The van der Waals surface area contributed by atoms with Crippen LogP contribution in [0.2, 0.25) is 0 Å². The van der Waals surface area contributed by atoms with Gasteiger partial charge in [-0.05, 0) is 37.1 Å². The van der Waals surface area contributed by atoms with Gasteiger partial charge in [0.2, 0.25) is 10.0 Å². The Balaban J connectivity index is 1.92. The quantitative estimate of drug-likeness (QED) is 0.767. The molecule has 0 unspecified atom stereocenters. The summed E-state index contributed by atoms with van der Waals surface area (Å²) >= 11 is 0. The lowest BCUT2D eigenvalue weighted by Gasteiger charge is -2.20. The fourth-order valence-electron chi connectivity index (χ4n) is 2.57. The van der Waals surface area contributed by atoms with Crippen molar-refractivity contribution in [2.24, 2.45) is 0 Å². The molecule has 0 saturated carbocycles. The third-order valence-electron chi connectivity index (χ3n) is 3.98. The summed E-state index contributed by atoms with van der Waals surface area (Å²) in [5.74, 6) is -0.607. The minimum Gasteiger partial charge on any atom is -0.351 e. The average Bonchev–Trinajstić information content (AvgIpc) is 2.58. The van der Waals surface area contributed by atoms with Crippen molar-refractivity contribution < 1.29 is 17.6 Å². The number of aryl methyl sites for hydroxylation is 1. The zero-order valence-corrected chi connectivity index (χ0v) is 15.7. The Morgan fingerprint density at radius 3 is 2.50 bits per heavy atom. The predicted octanol–water partition coefficient (Wildman–Crippen LogP) is 2.37. The summed E-state index contributed by atoms with van der Waals surface area (Å²) in [5, 5.41) is 2.72. The van der Waals surface area contributed by atoms with E-state index in [0.717, 1.165) is 11.8 Å². The number of halogens is 1. The van der Waals surface area contributed by atoms with Crippen molar-refractivity contribution >= 4 is 15.9 Å². The number of amides is 1. The number of nitrogens with zero attached hydrogens (tertiary/aromatic N) is 1. The van der Waals surface area contributed by atoms with Crippen LogP contribution >= 0.6 is 0 Å². The number of nitrogens with one attached hydrogen (secondary N) is 1. The van der Waals surface area contributed by atoms with Crippen molar-refractivity contribution in [2.45, 2.75) is 13.3 Å². The molecule has 0 saturated heterocycles. The summed E-state index contributed by atoms with van der Waals surface area (Å²) in [6.07, 6.45) is 1.38. The molecule has 1 amide bonds. The first-order valence-electron chi connectivity index (χ1n) is 8.31. The van der Waals surface area contributed by atoms with Gasteiger partial charge in [0.15, 0.2) is 0 Å². The van der Waals surface area contributed by atoms with Gasteiger partial charge in [-0.15, -0.1) is 0 Å². The van der Waals surface area contributed by atoms with Crippen molar-refractivity contribution in [3.05, 3.63) is 71.0 Å². The first kappa shape index (κ1) is 20.1. The second kappa shape index (κ2) is 8.91. The molecule has 0 spiro atoms. The summed E-state index contributed by atoms with van der Waals surface area (Å²) in [5.41, 5.74) is 1.97. The minimum absolute atomic E-state index is 0.130. The smallest absolute Gasteiger partial charge is 0.251 e. The molecule has 0 radical (unpaired) electrons. The van der Waals surface area contributed by atoms with E-state index in [9.17, 15) is 17.6 Å². The van der Waals surface area contributed by atoms with Crippen molar-refractivity contribution in [3.63, 3.8) is 0 Å². The standard InChI is InChI=1S/C19H23FN2O3S/c1-15-6-5-8-17(14-15)19(23)21-11-13-22(26(2,24)25)12-10-16-7-3-4-9-18(16)20/h3-9,14H,10-13H2,1-2H3,(H,21,23). The predicted molar refractivity (Wildman–Crippen MR) is 100 cm³/mol. The maximum Gasteiger partial charge on any atom is 0.251 e. The van der Waals surface area contributed by atoms with Crippen molar-refractivity contribution in [3.8, 4) is 0 Å². The lowest BCUT2D eigenvalue weighted by atomic mass is 10.1. The monoisotopic (exact) mass is 378 g/mol. The van der Waals surface area contributed by atoms with E-state index in [0.29, 0.717) is 11.1 Å². The molecule has 26 heavy (non-hydrogen) atoms. The number of hydrogen-bond acceptors (Lipinski definition) is 3. The molecule has 1 N–H and O–H groups in total. The molecule has 7 heteroatoms. The number of sulfonamides is 1. The highest BCUT2D eigenvalue weighted by Gasteiger charge is 2.17. The molecule has 140 valence electrons. The van der Waals surface area contributed by atoms with E-state index in [2.05, 4.69) is 5.32 Å². The molecule has 0 aliphatic heterocycles. The number of carbonyl (C=O) groups is 1. The van der Waals surface area contributed by atoms with Crippen molar-refractivity contribution in [1.29, 1.82) is 0 Å². The molecule has 0 aliphatic rings. The summed E-state index contributed by atoms with van der Waals surface area (Å²) in [6.45, 7) is 2.35. The maximum atomic E-state index is 13.7. The molecule has 0 bridgehead atoms. The SMILES string of the molecule is Cc1cccc(C(=O)NCCN(CCc2ccccc2F)S(C)(=O)=O)c1. The first-order valence-corrected chi connectivity index (χ1v) is 10.2. The van der Waals surface area contributed by atoms with E-state index in [1.54, 1.807) is 36.4 Å². The van der Waals surface area contributed by atoms with E-state index in [-0.39, 0.29) is 37.8 Å². The summed E-state index contributed by atoms with van der Waals surface area (Å²) in [6, 6.07) is 13.4. The molecule has 0 fully saturated rings. The Kier molecular flexibility index (Phi) is 6.88. The van der Waals surface area contributed by atoms with Gasteiger partial charge in [0.05, 0.1) is 6.26 Å². The topological polar surface area (TPSA) is 66.5 Å². The molecule has 2 aromatic rings. The molecule has 0 heterocycles. The highest BCUT2D eigenvalue weighted by Crippen LogP contribution is 2.09. The van der Waals surface area contributed by atoms with E-state index in [1.165, 1.54) is 10.4 Å². The van der Waals surface area contributed by atoms with Gasteiger partial charge in [-0.1, -0.05) is 35.9 Å². The van der Waals surface area contributed by atoms with Gasteiger partial charge in [0.25, 0.3) is 5.91 Å². The second-order valence-corrected chi connectivity index (χ2v) is 8.11. The maximum absolute atomic E-state index is 13.7. The van der Waals surface area contributed by atoms with E-state index in [4.69, 9.17) is 0 Å². The Labute approximate surface area is 153 Å². The van der Waals surface area contributed by atoms with Crippen LogP contribution in [0.5, 0.6) is 0 Å². The molecule has 2 aromatic carbocycles. The Morgan fingerprint density at radius 2 is 1.85 bits per heavy atom. The fraction of sp³-hybridized carbons (Fsp3) is 0.316. The Hall–Kier alpha value is -2.25. The van der Waals surface area contributed by atoms with Gasteiger partial charge >= 0.3 is 0 Å². The molecule has 5 nitrogen and oxygen atoms in total. The van der Waals surface area contributed by atoms with E-state index < -0.39 is 10.0 Å². The fourth-order valence-corrected chi connectivity index (χ4v) is 3.42. The van der Waals surface area contributed by atoms with Gasteiger partial charge < -0.3 is 5.32 Å². The first-order chi connectivity index (χ1) is 12.3. The molecule has 0 aromatic heterocycles. The lowest BCUT2D eigenvalue weighted by Crippen LogP contribution is -2.39. The van der Waals surface area contributed by atoms with Crippen LogP contribution in [0.4, 0.5) is 4.39 Å². The zero-order valence-electron chi connectivity index (χ0n) is 14.9. The van der Waals surface area contributed by atoms with Gasteiger partial charge in [0, 0.05) is 25.2 Å². The highest BCUT2D eigenvalue weighted by atomic mass is 32.2. The van der Waals surface area contributed by atoms with Crippen molar-refractivity contribution in [1.82, 2.24) is 9.62 Å². The minimum atomic E-state index is -3.46. The van der Waals surface area contributed by atoms with Gasteiger partial charge in [0.1, 0.15) is 5.82 Å². The Bertz CT molecular complexity index is 869. The van der Waals surface area contributed by atoms with Crippen LogP contribution in [0.15, 0.2) is 48.5 Å². The van der Waals surface area contributed by atoms with Crippen LogP contribution in [0, 0.1) is 12.7 Å². The molecular formula is C19H23FN2O3S. The summed E-state index contributed by atoms with van der Waals surface area (Å²) in [4.78, 5) is 12.1. The average molecular weight is 378 g/mol. The zero-order chi connectivity index (χ0) is 19.2. The molecular weight excluding hydrogens is 355 g/mol. The van der Waals surface area contributed by atoms with E-state index in [1.807, 2.05) is 13.0 Å². The second-order valence-electron chi connectivity index (χ2n) is 6.13. The Morgan fingerprint density at radius 1 is 1.12 bits per heavy atom. The van der Waals surface area contributed by atoms with Gasteiger partial charge in [-0.3, -0.25) is 4.79 Å². The van der Waals surface area contributed by atoms with Crippen LogP contribution in [-0.4, -0.2) is 44.5 Å². The molecule has 0 atom stereocenters. The highest BCUT2D eigenvalue weighted by molar-refractivity contribution is 7.88. The van der Waals surface area contributed by atoms with Crippen LogP contribution in [0.3, 0.4) is 0 Å². The third kappa shape index (κ3) is 5.93. The van der Waals surface area contributed by atoms with Crippen LogP contribution < -0.4 is 5.32 Å². The van der Waals surface area contributed by atoms with Gasteiger partial charge in [-0.25, -0.2) is 17.1 Å². The van der Waals surface area contributed by atoms with Crippen LogP contribution in [0.25, 0.3) is 0 Å². The van der Waals surface area contributed by atoms with Crippen LogP contribution in [0.1, 0.15) is 21.5 Å². The number of hydrogen-bond donors (Lipinski definition) is 1. The molecule has 2 rings (SSSR count). The van der Waals surface area contributed by atoms with Gasteiger partial charge in [-0.2, -0.15) is 0 Å². The number of carbonyl (C=O) groups excluding carboxylic acids is 1. The van der Waals surface area contributed by atoms with E-state index >= 15 is 0 Å². The summed E-state index contributed by atoms with van der Waals surface area (Å²) in [7, 11) is -3.46. The van der Waals surface area contributed by atoms with Crippen molar-refractivity contribution in [2.75, 3.05) is 25.9 Å². The number of rotatable bonds is 8. The number of benzene rings is 2. The largest absolute Gasteiger partial charge is 0.351 e. The summed E-state index contributed by atoms with van der Waals surface area (Å²) < 4.78 is 38.8. The lowest BCUT2D eigenvalue weighted by molar-refractivity contribution is 0.0951. The normalized spacial score (nSPS) is 11.5.